The number of hydrogen-bond acceptors (Lipinski definition) is 3. The summed E-state index contributed by atoms with van der Waals surface area (Å²) in [6.45, 7) is 0.690. The maximum atomic E-state index is 13.1. The summed E-state index contributed by atoms with van der Waals surface area (Å²) >= 11 is 0. The predicted molar refractivity (Wildman–Crippen MR) is 66.3 cm³/mol. The minimum absolute atomic E-state index is 0.150. The Hall–Kier alpha value is -1.81. The Kier molecular flexibility index (Phi) is 3.02. The van der Waals surface area contributed by atoms with E-state index < -0.39 is 0 Å². The van der Waals surface area contributed by atoms with Crippen LogP contribution in [-0.4, -0.2) is 10.2 Å². The number of nitrogens with zero attached hydrogens (tertiary/aromatic N) is 2. The van der Waals surface area contributed by atoms with Crippen LogP contribution in [0.5, 0.6) is 0 Å². The first-order valence-electron chi connectivity index (χ1n) is 6.11. The van der Waals surface area contributed by atoms with Crippen LogP contribution in [0.25, 0.3) is 0 Å². The van der Waals surface area contributed by atoms with Crippen LogP contribution < -0.4 is 5.32 Å². The van der Waals surface area contributed by atoms with Gasteiger partial charge in [-0.05, 0) is 48.2 Å². The fourth-order valence-corrected chi connectivity index (χ4v) is 2.45. The van der Waals surface area contributed by atoms with Crippen LogP contribution in [-0.2, 0) is 13.0 Å². The summed E-state index contributed by atoms with van der Waals surface area (Å²) in [6, 6.07) is 9.16. The van der Waals surface area contributed by atoms with Crippen molar-refractivity contribution in [2.45, 2.75) is 25.4 Å². The number of rotatable bonds is 3. The molecule has 1 N–H and O–H groups in total. The number of nitrogens with one attached hydrogen (secondary N) is 1. The molecule has 0 bridgehead atoms. The van der Waals surface area contributed by atoms with Gasteiger partial charge < -0.3 is 5.32 Å². The van der Waals surface area contributed by atoms with E-state index in [1.165, 1.54) is 11.6 Å². The van der Waals surface area contributed by atoms with Gasteiger partial charge in [-0.25, -0.2) is 4.39 Å². The van der Waals surface area contributed by atoms with Gasteiger partial charge in [-0.1, -0.05) is 6.07 Å². The Morgan fingerprint density at radius 3 is 3.11 bits per heavy atom. The van der Waals surface area contributed by atoms with Gasteiger partial charge in [0.2, 0.25) is 0 Å². The molecule has 1 heterocycles. The van der Waals surface area contributed by atoms with Crippen LogP contribution in [0.3, 0.4) is 0 Å². The molecule has 0 saturated carbocycles. The lowest BCUT2D eigenvalue weighted by atomic mass is 10.1. The van der Waals surface area contributed by atoms with E-state index >= 15 is 0 Å². The lowest BCUT2D eigenvalue weighted by Gasteiger charge is -2.13. The predicted octanol–water partition coefficient (Wildman–Crippen LogP) is 2.39. The van der Waals surface area contributed by atoms with Crippen LogP contribution >= 0.6 is 0 Å². The Labute approximate surface area is 105 Å². The second-order valence-electron chi connectivity index (χ2n) is 4.53. The Morgan fingerprint density at radius 1 is 1.33 bits per heavy atom. The smallest absolute Gasteiger partial charge is 0.123 e. The van der Waals surface area contributed by atoms with Gasteiger partial charge in [-0.3, -0.25) is 0 Å². The molecule has 3 nitrogen and oxygen atoms in total. The molecule has 1 atom stereocenters. The highest BCUT2D eigenvalue weighted by Crippen LogP contribution is 2.31. The van der Waals surface area contributed by atoms with Crippen LogP contribution in [0.2, 0.25) is 0 Å². The summed E-state index contributed by atoms with van der Waals surface area (Å²) in [7, 11) is 0. The van der Waals surface area contributed by atoms with E-state index in [-0.39, 0.29) is 5.82 Å². The number of halogens is 1. The molecule has 2 aromatic rings. The number of benzene rings is 1. The van der Waals surface area contributed by atoms with Crippen LogP contribution in [0.1, 0.15) is 29.3 Å². The maximum Gasteiger partial charge on any atom is 0.123 e. The van der Waals surface area contributed by atoms with Crippen molar-refractivity contribution >= 4 is 0 Å². The first-order chi connectivity index (χ1) is 8.83. The second-order valence-corrected chi connectivity index (χ2v) is 4.53. The molecule has 3 rings (SSSR count). The highest BCUT2D eigenvalue weighted by molar-refractivity contribution is 5.35. The average Bonchev–Trinajstić information content (AvgIpc) is 2.80. The van der Waals surface area contributed by atoms with Gasteiger partial charge in [0, 0.05) is 18.8 Å². The molecule has 1 aromatic heterocycles. The van der Waals surface area contributed by atoms with Gasteiger partial charge >= 0.3 is 0 Å². The largest absolute Gasteiger partial charge is 0.304 e. The number of hydrogen-bond donors (Lipinski definition) is 1. The maximum absolute atomic E-state index is 13.1. The Bertz CT molecular complexity index is 542. The summed E-state index contributed by atoms with van der Waals surface area (Å²) in [4.78, 5) is 0. The first-order valence-corrected chi connectivity index (χ1v) is 6.11. The van der Waals surface area contributed by atoms with Gasteiger partial charge in [-0.15, -0.1) is 0 Å². The first kappa shape index (κ1) is 11.3. The zero-order valence-electron chi connectivity index (χ0n) is 9.94. The van der Waals surface area contributed by atoms with Gasteiger partial charge in [-0.2, -0.15) is 10.2 Å². The fourth-order valence-electron chi connectivity index (χ4n) is 2.45. The van der Waals surface area contributed by atoms with Crippen molar-refractivity contribution in [1.29, 1.82) is 0 Å². The molecule has 1 aliphatic carbocycles. The summed E-state index contributed by atoms with van der Waals surface area (Å²) in [5.74, 6) is -0.150. The van der Waals surface area contributed by atoms with Crippen molar-refractivity contribution in [3.8, 4) is 0 Å². The summed E-state index contributed by atoms with van der Waals surface area (Å²) in [5.41, 5.74) is 3.25. The minimum Gasteiger partial charge on any atom is -0.304 e. The van der Waals surface area contributed by atoms with Crippen molar-refractivity contribution in [3.63, 3.8) is 0 Å². The molecule has 18 heavy (non-hydrogen) atoms. The van der Waals surface area contributed by atoms with Gasteiger partial charge in [0.1, 0.15) is 5.82 Å². The molecule has 0 fully saturated rings. The SMILES string of the molecule is Fc1ccc2c(c1)CCC2NCc1cccnn1. The minimum atomic E-state index is -0.150. The normalized spacial score (nSPS) is 17.7. The number of aryl methyl sites for hydroxylation is 1. The third-order valence-corrected chi connectivity index (χ3v) is 3.34. The second kappa shape index (κ2) is 4.82. The fraction of sp³-hybridized carbons (Fsp3) is 0.286. The lowest BCUT2D eigenvalue weighted by molar-refractivity contribution is 0.522. The molecule has 92 valence electrons. The zero-order chi connectivity index (χ0) is 12.4. The highest BCUT2D eigenvalue weighted by atomic mass is 19.1. The Balaban J connectivity index is 1.70. The molecule has 0 aliphatic heterocycles. The summed E-state index contributed by atoms with van der Waals surface area (Å²) < 4.78 is 13.1. The van der Waals surface area contributed by atoms with Crippen molar-refractivity contribution < 1.29 is 4.39 Å². The molecular weight excluding hydrogens is 229 g/mol. The zero-order valence-corrected chi connectivity index (χ0v) is 9.94. The van der Waals surface area contributed by atoms with E-state index in [2.05, 4.69) is 15.5 Å². The topological polar surface area (TPSA) is 37.8 Å². The van der Waals surface area contributed by atoms with E-state index in [1.807, 2.05) is 18.2 Å². The molecule has 0 saturated heterocycles. The molecule has 1 aromatic carbocycles. The van der Waals surface area contributed by atoms with Crippen LogP contribution in [0.4, 0.5) is 4.39 Å². The Morgan fingerprint density at radius 2 is 2.28 bits per heavy atom. The third-order valence-electron chi connectivity index (χ3n) is 3.34. The van der Waals surface area contributed by atoms with E-state index in [0.29, 0.717) is 12.6 Å². The van der Waals surface area contributed by atoms with Crippen LogP contribution in [0, 0.1) is 5.82 Å². The molecule has 1 aliphatic rings. The van der Waals surface area contributed by atoms with E-state index in [9.17, 15) is 4.39 Å². The van der Waals surface area contributed by atoms with Crippen molar-refractivity contribution in [1.82, 2.24) is 15.5 Å². The molecular formula is C14H14FN3. The van der Waals surface area contributed by atoms with Gasteiger partial charge in [0.25, 0.3) is 0 Å². The number of fused-ring (bicyclic) bond motifs is 1. The van der Waals surface area contributed by atoms with Gasteiger partial charge in [0.15, 0.2) is 0 Å². The van der Waals surface area contributed by atoms with Crippen molar-refractivity contribution in [3.05, 3.63) is 59.2 Å². The molecule has 1 unspecified atom stereocenters. The lowest BCUT2D eigenvalue weighted by Crippen LogP contribution is -2.19. The van der Waals surface area contributed by atoms with Crippen LogP contribution in [0.15, 0.2) is 36.5 Å². The number of aromatic nitrogens is 2. The van der Waals surface area contributed by atoms with E-state index in [1.54, 1.807) is 12.3 Å². The average molecular weight is 243 g/mol. The molecule has 0 spiro atoms. The molecule has 4 heteroatoms. The summed E-state index contributed by atoms with van der Waals surface area (Å²) in [5, 5.41) is 11.3. The quantitative estimate of drug-likeness (QED) is 0.899. The molecule has 0 radical (unpaired) electrons. The molecule has 0 amide bonds. The third kappa shape index (κ3) is 2.24. The van der Waals surface area contributed by atoms with Crippen molar-refractivity contribution in [2.24, 2.45) is 0 Å². The highest BCUT2D eigenvalue weighted by Gasteiger charge is 2.22. The van der Waals surface area contributed by atoms with E-state index in [4.69, 9.17) is 0 Å². The monoisotopic (exact) mass is 243 g/mol. The summed E-state index contributed by atoms with van der Waals surface area (Å²) in [6.07, 6.45) is 3.61. The van der Waals surface area contributed by atoms with Gasteiger partial charge in [0.05, 0.1) is 5.69 Å². The van der Waals surface area contributed by atoms with Crippen molar-refractivity contribution in [2.75, 3.05) is 0 Å². The standard InChI is InChI=1S/C14H14FN3/c15-11-4-5-13-10(8-11)3-6-14(13)16-9-12-2-1-7-17-18-12/h1-2,4-5,7-8,14,16H,3,6,9H2. The van der Waals surface area contributed by atoms with E-state index in [0.717, 1.165) is 24.1 Å².